The Labute approximate surface area is 121 Å². The first-order valence-electron chi connectivity index (χ1n) is 5.99. The molecule has 4 nitrogen and oxygen atoms in total. The molecule has 0 bridgehead atoms. The Morgan fingerprint density at radius 1 is 1.30 bits per heavy atom. The number of urea groups is 1. The van der Waals surface area contributed by atoms with Gasteiger partial charge in [-0.05, 0) is 42.8 Å². The summed E-state index contributed by atoms with van der Waals surface area (Å²) in [4.78, 5) is 15.7. The maximum Gasteiger partial charge on any atom is 0.319 e. The van der Waals surface area contributed by atoms with E-state index in [1.807, 2.05) is 19.1 Å². The molecule has 0 radical (unpaired) electrons. The largest absolute Gasteiger partial charge is 0.331 e. The number of benzene rings is 1. The van der Waals surface area contributed by atoms with E-state index in [1.54, 1.807) is 12.4 Å². The number of aromatic nitrogens is 1. The quantitative estimate of drug-likeness (QED) is 0.905. The minimum absolute atomic E-state index is 0.0371. The monoisotopic (exact) mass is 293 g/mol. The summed E-state index contributed by atoms with van der Waals surface area (Å²) in [6, 6.07) is 7.07. The third-order valence-corrected chi connectivity index (χ3v) is 3.02. The average molecular weight is 294 g/mol. The van der Waals surface area contributed by atoms with Gasteiger partial charge in [-0.2, -0.15) is 0 Å². The molecule has 0 aliphatic carbocycles. The van der Waals surface area contributed by atoms with Crippen LogP contribution in [0.5, 0.6) is 0 Å². The van der Waals surface area contributed by atoms with Crippen LogP contribution in [0.3, 0.4) is 0 Å². The lowest BCUT2D eigenvalue weighted by molar-refractivity contribution is 0.249. The maximum absolute atomic E-state index is 13.0. The van der Waals surface area contributed by atoms with Crippen LogP contribution in [-0.2, 0) is 0 Å². The molecule has 2 aromatic rings. The third kappa shape index (κ3) is 3.68. The van der Waals surface area contributed by atoms with Crippen molar-refractivity contribution in [1.82, 2.24) is 10.3 Å². The predicted molar refractivity (Wildman–Crippen MR) is 76.2 cm³/mol. The summed E-state index contributed by atoms with van der Waals surface area (Å²) in [5.41, 5.74) is 1.36. The molecule has 1 heterocycles. The number of anilines is 1. The van der Waals surface area contributed by atoms with Crippen LogP contribution in [0.25, 0.3) is 0 Å². The first-order chi connectivity index (χ1) is 9.56. The lowest BCUT2D eigenvalue weighted by atomic mass is 10.1. The van der Waals surface area contributed by atoms with Crippen LogP contribution in [0, 0.1) is 5.82 Å². The maximum atomic E-state index is 13.0. The van der Waals surface area contributed by atoms with Gasteiger partial charge in [0.1, 0.15) is 5.82 Å². The number of halogens is 2. The zero-order valence-electron chi connectivity index (χ0n) is 10.7. The number of carbonyl (C=O) groups is 1. The van der Waals surface area contributed by atoms with Crippen molar-refractivity contribution >= 4 is 23.3 Å². The molecule has 0 aliphatic heterocycles. The molecule has 0 unspecified atom stereocenters. The molecule has 0 spiro atoms. The van der Waals surface area contributed by atoms with Gasteiger partial charge in [-0.1, -0.05) is 11.6 Å². The molecular weight excluding hydrogens is 281 g/mol. The zero-order valence-corrected chi connectivity index (χ0v) is 11.5. The molecule has 2 amide bonds. The minimum atomic E-state index is -0.525. The lowest BCUT2D eigenvalue weighted by Gasteiger charge is -2.15. The molecule has 2 rings (SSSR count). The van der Waals surface area contributed by atoms with Crippen molar-refractivity contribution in [1.29, 1.82) is 0 Å². The van der Waals surface area contributed by atoms with E-state index in [1.165, 1.54) is 18.2 Å². The molecular formula is C14H13ClFN3O. The third-order valence-electron chi connectivity index (χ3n) is 2.73. The van der Waals surface area contributed by atoms with Crippen molar-refractivity contribution < 1.29 is 9.18 Å². The minimum Gasteiger partial charge on any atom is -0.331 e. The molecule has 0 fully saturated rings. The van der Waals surface area contributed by atoms with Crippen molar-refractivity contribution in [2.45, 2.75) is 13.0 Å². The summed E-state index contributed by atoms with van der Waals surface area (Å²) in [7, 11) is 0. The fraction of sp³-hybridized carbons (Fsp3) is 0.143. The Morgan fingerprint density at radius 3 is 2.65 bits per heavy atom. The van der Waals surface area contributed by atoms with Gasteiger partial charge in [0.2, 0.25) is 0 Å². The highest BCUT2D eigenvalue weighted by atomic mass is 35.5. The summed E-state index contributed by atoms with van der Waals surface area (Å²) in [5, 5.41) is 5.32. The summed E-state index contributed by atoms with van der Waals surface area (Å²) in [5.74, 6) is -0.525. The molecule has 20 heavy (non-hydrogen) atoms. The van der Waals surface area contributed by atoms with Crippen molar-refractivity contribution in [3.63, 3.8) is 0 Å². The smallest absolute Gasteiger partial charge is 0.319 e. The van der Waals surface area contributed by atoms with E-state index >= 15 is 0 Å². The number of amides is 2. The van der Waals surface area contributed by atoms with Crippen LogP contribution in [-0.4, -0.2) is 11.0 Å². The molecule has 1 atom stereocenters. The number of nitrogens with zero attached hydrogens (tertiary/aromatic N) is 1. The summed E-state index contributed by atoms with van der Waals surface area (Å²) in [6.45, 7) is 1.85. The van der Waals surface area contributed by atoms with E-state index in [2.05, 4.69) is 15.6 Å². The van der Waals surface area contributed by atoms with E-state index in [-0.39, 0.29) is 11.1 Å². The van der Waals surface area contributed by atoms with E-state index < -0.39 is 11.8 Å². The Bertz CT molecular complexity index is 607. The summed E-state index contributed by atoms with van der Waals surface area (Å²) >= 11 is 5.65. The number of nitrogens with one attached hydrogen (secondary N) is 2. The first kappa shape index (κ1) is 14.3. The highest BCUT2D eigenvalue weighted by molar-refractivity contribution is 6.31. The van der Waals surface area contributed by atoms with Gasteiger partial charge < -0.3 is 10.6 Å². The highest BCUT2D eigenvalue weighted by Crippen LogP contribution is 2.19. The number of carbonyl (C=O) groups excluding carboxylic acids is 1. The second-order valence-corrected chi connectivity index (χ2v) is 4.64. The van der Waals surface area contributed by atoms with Gasteiger partial charge >= 0.3 is 6.03 Å². The van der Waals surface area contributed by atoms with Gasteiger partial charge in [-0.25, -0.2) is 9.18 Å². The van der Waals surface area contributed by atoms with Crippen molar-refractivity contribution in [2.24, 2.45) is 0 Å². The first-order valence-corrected chi connectivity index (χ1v) is 6.36. The van der Waals surface area contributed by atoms with E-state index in [0.717, 1.165) is 5.56 Å². The van der Waals surface area contributed by atoms with Gasteiger partial charge in [0.15, 0.2) is 0 Å². The molecule has 1 aromatic carbocycles. The van der Waals surface area contributed by atoms with Gasteiger partial charge in [0, 0.05) is 18.1 Å². The molecule has 0 saturated carbocycles. The van der Waals surface area contributed by atoms with Crippen molar-refractivity contribution in [3.05, 3.63) is 59.1 Å². The molecule has 104 valence electrons. The molecule has 2 N–H and O–H groups in total. The second kappa shape index (κ2) is 6.34. The number of rotatable bonds is 3. The Balaban J connectivity index is 1.97. The molecule has 1 aromatic heterocycles. The van der Waals surface area contributed by atoms with Crippen LogP contribution in [0.1, 0.15) is 18.5 Å². The second-order valence-electron chi connectivity index (χ2n) is 4.23. The zero-order chi connectivity index (χ0) is 14.5. The van der Waals surface area contributed by atoms with Crippen LogP contribution in [0.2, 0.25) is 5.02 Å². The number of hydrogen-bond donors (Lipinski definition) is 2. The SMILES string of the molecule is C[C@@H](NC(=O)Nc1ccc(F)c(Cl)c1)c1ccncc1. The van der Waals surface area contributed by atoms with Crippen LogP contribution in [0.4, 0.5) is 14.9 Å². The summed E-state index contributed by atoms with van der Waals surface area (Å²) in [6.07, 6.45) is 3.32. The van der Waals surface area contributed by atoms with E-state index in [9.17, 15) is 9.18 Å². The lowest BCUT2D eigenvalue weighted by Crippen LogP contribution is -2.31. The van der Waals surface area contributed by atoms with Crippen molar-refractivity contribution in [3.8, 4) is 0 Å². The summed E-state index contributed by atoms with van der Waals surface area (Å²) < 4.78 is 13.0. The molecule has 0 saturated heterocycles. The van der Waals surface area contributed by atoms with Gasteiger partial charge in [-0.3, -0.25) is 4.98 Å². The van der Waals surface area contributed by atoms with Crippen molar-refractivity contribution in [2.75, 3.05) is 5.32 Å². The van der Waals surface area contributed by atoms with Gasteiger partial charge in [0.25, 0.3) is 0 Å². The van der Waals surface area contributed by atoms with Crippen LogP contribution >= 0.6 is 11.6 Å². The number of hydrogen-bond acceptors (Lipinski definition) is 2. The van der Waals surface area contributed by atoms with Gasteiger partial charge in [-0.15, -0.1) is 0 Å². The van der Waals surface area contributed by atoms with E-state index in [4.69, 9.17) is 11.6 Å². The Hall–Kier alpha value is -2.14. The fourth-order valence-corrected chi connectivity index (χ4v) is 1.85. The normalized spacial score (nSPS) is 11.8. The van der Waals surface area contributed by atoms with Crippen LogP contribution < -0.4 is 10.6 Å². The predicted octanol–water partition coefficient (Wildman–Crippen LogP) is 3.76. The fourth-order valence-electron chi connectivity index (χ4n) is 1.67. The topological polar surface area (TPSA) is 54.0 Å². The van der Waals surface area contributed by atoms with Crippen LogP contribution in [0.15, 0.2) is 42.7 Å². The Kier molecular flexibility index (Phi) is 4.53. The molecule has 6 heteroatoms. The Morgan fingerprint density at radius 2 is 2.00 bits per heavy atom. The van der Waals surface area contributed by atoms with E-state index in [0.29, 0.717) is 5.69 Å². The highest BCUT2D eigenvalue weighted by Gasteiger charge is 2.10. The standard InChI is InChI=1S/C14H13ClFN3O/c1-9(10-4-6-17-7-5-10)18-14(20)19-11-2-3-13(16)12(15)8-11/h2-9H,1H3,(H2,18,19,20)/t9-/m1/s1. The molecule has 0 aliphatic rings. The van der Waals surface area contributed by atoms with Gasteiger partial charge in [0.05, 0.1) is 11.1 Å². The number of pyridine rings is 1. The average Bonchev–Trinajstić information content (AvgIpc) is 2.44.